The fraction of sp³-hybridized carbons (Fsp3) is 0.312. The normalized spacial score (nSPS) is 11.5. The molecule has 0 aliphatic rings. The van der Waals surface area contributed by atoms with E-state index in [1.807, 2.05) is 26.8 Å². The summed E-state index contributed by atoms with van der Waals surface area (Å²) >= 11 is 0. The van der Waals surface area contributed by atoms with Crippen LogP contribution in [0.15, 0.2) is 30.3 Å². The summed E-state index contributed by atoms with van der Waals surface area (Å²) < 4.78 is 31.6. The second kappa shape index (κ2) is 5.77. The third-order valence-electron chi connectivity index (χ3n) is 2.98. The number of hydrogen-bond donors (Lipinski definition) is 1. The van der Waals surface area contributed by atoms with Crippen LogP contribution in [-0.2, 0) is 12.0 Å². The zero-order valence-corrected chi connectivity index (χ0v) is 12.3. The molecule has 2 aromatic rings. The van der Waals surface area contributed by atoms with Gasteiger partial charge in [0, 0.05) is 24.1 Å². The predicted octanol–water partition coefficient (Wildman–Crippen LogP) is 3.91. The fourth-order valence-electron chi connectivity index (χ4n) is 1.77. The molecule has 3 nitrogen and oxygen atoms in total. The van der Waals surface area contributed by atoms with E-state index in [2.05, 4.69) is 4.98 Å². The van der Waals surface area contributed by atoms with Crippen LogP contribution in [0.2, 0.25) is 0 Å². The van der Waals surface area contributed by atoms with E-state index in [1.54, 1.807) is 6.07 Å². The van der Waals surface area contributed by atoms with Crippen molar-refractivity contribution in [1.82, 2.24) is 4.98 Å². The smallest absolute Gasteiger partial charge is 0.219 e. The molecule has 0 bridgehead atoms. The minimum Gasteiger partial charge on any atom is -0.439 e. The molecule has 112 valence electrons. The molecule has 1 heterocycles. The number of hydrogen-bond acceptors (Lipinski definition) is 3. The molecule has 1 aromatic carbocycles. The van der Waals surface area contributed by atoms with E-state index in [0.29, 0.717) is 12.4 Å². The first-order valence-corrected chi connectivity index (χ1v) is 6.64. The lowest BCUT2D eigenvalue weighted by atomic mass is 9.91. The van der Waals surface area contributed by atoms with Crippen molar-refractivity contribution in [3.05, 3.63) is 53.2 Å². The van der Waals surface area contributed by atoms with E-state index in [-0.39, 0.29) is 11.2 Å². The Morgan fingerprint density at radius 3 is 2.38 bits per heavy atom. The van der Waals surface area contributed by atoms with Crippen molar-refractivity contribution in [3.63, 3.8) is 0 Å². The van der Waals surface area contributed by atoms with E-state index >= 15 is 0 Å². The van der Waals surface area contributed by atoms with Gasteiger partial charge in [-0.25, -0.2) is 13.8 Å². The summed E-state index contributed by atoms with van der Waals surface area (Å²) in [5.41, 5.74) is 7.20. The highest BCUT2D eigenvalue weighted by Crippen LogP contribution is 2.27. The van der Waals surface area contributed by atoms with Crippen molar-refractivity contribution in [2.24, 2.45) is 5.73 Å². The molecule has 0 atom stereocenters. The first-order valence-electron chi connectivity index (χ1n) is 6.64. The first kappa shape index (κ1) is 15.4. The molecule has 0 amide bonds. The number of nitrogens with zero attached hydrogens (tertiary/aromatic N) is 1. The zero-order chi connectivity index (χ0) is 15.6. The summed E-state index contributed by atoms with van der Waals surface area (Å²) in [6.07, 6.45) is 0. The Morgan fingerprint density at radius 2 is 1.81 bits per heavy atom. The van der Waals surface area contributed by atoms with Crippen LogP contribution in [0, 0.1) is 11.6 Å². The quantitative estimate of drug-likeness (QED) is 0.933. The number of aromatic nitrogens is 1. The third kappa shape index (κ3) is 3.76. The highest BCUT2D eigenvalue weighted by Gasteiger charge is 2.18. The number of rotatable bonds is 3. The van der Waals surface area contributed by atoms with E-state index in [0.717, 1.165) is 23.4 Å². The molecular weight excluding hydrogens is 274 g/mol. The van der Waals surface area contributed by atoms with Crippen LogP contribution in [0.5, 0.6) is 11.6 Å². The SMILES string of the molecule is CC(C)(C)c1cc(CN)cc(Oc2ccc(F)c(F)c2)n1. The number of benzene rings is 1. The van der Waals surface area contributed by atoms with Crippen molar-refractivity contribution in [3.8, 4) is 11.6 Å². The lowest BCUT2D eigenvalue weighted by Crippen LogP contribution is -2.15. The van der Waals surface area contributed by atoms with Crippen LogP contribution in [0.4, 0.5) is 8.78 Å². The molecule has 0 fully saturated rings. The second-order valence-corrected chi connectivity index (χ2v) is 5.83. The van der Waals surface area contributed by atoms with Gasteiger partial charge in [-0.15, -0.1) is 0 Å². The standard InChI is InChI=1S/C16H18F2N2O/c1-16(2,3)14-6-10(9-19)7-15(20-14)21-11-4-5-12(17)13(18)8-11/h4-8H,9,19H2,1-3H3. The van der Waals surface area contributed by atoms with E-state index in [4.69, 9.17) is 10.5 Å². The summed E-state index contributed by atoms with van der Waals surface area (Å²) in [5, 5.41) is 0. The molecule has 5 heteroatoms. The van der Waals surface area contributed by atoms with Crippen LogP contribution in [0.1, 0.15) is 32.0 Å². The summed E-state index contributed by atoms with van der Waals surface area (Å²) in [7, 11) is 0. The van der Waals surface area contributed by atoms with Gasteiger partial charge in [-0.1, -0.05) is 20.8 Å². The summed E-state index contributed by atoms with van der Waals surface area (Å²) in [6.45, 7) is 6.42. The minimum atomic E-state index is -0.960. The van der Waals surface area contributed by atoms with Crippen molar-refractivity contribution in [2.45, 2.75) is 32.7 Å². The average molecular weight is 292 g/mol. The molecule has 0 radical (unpaired) electrons. The molecule has 0 aliphatic heterocycles. The Kier molecular flexibility index (Phi) is 4.23. The van der Waals surface area contributed by atoms with Gasteiger partial charge >= 0.3 is 0 Å². The molecule has 0 saturated carbocycles. The van der Waals surface area contributed by atoms with Crippen LogP contribution in [-0.4, -0.2) is 4.98 Å². The van der Waals surface area contributed by atoms with Gasteiger partial charge < -0.3 is 10.5 Å². The lowest BCUT2D eigenvalue weighted by molar-refractivity contribution is 0.439. The molecule has 0 unspecified atom stereocenters. The van der Waals surface area contributed by atoms with Gasteiger partial charge in [0.25, 0.3) is 0 Å². The third-order valence-corrected chi connectivity index (χ3v) is 2.98. The summed E-state index contributed by atoms with van der Waals surface area (Å²) in [5.74, 6) is -1.37. The van der Waals surface area contributed by atoms with Gasteiger partial charge in [0.1, 0.15) is 5.75 Å². The molecule has 21 heavy (non-hydrogen) atoms. The minimum absolute atomic E-state index is 0.169. The van der Waals surface area contributed by atoms with Gasteiger partial charge in [0.15, 0.2) is 11.6 Å². The van der Waals surface area contributed by atoms with Crippen molar-refractivity contribution in [1.29, 1.82) is 0 Å². The van der Waals surface area contributed by atoms with Crippen molar-refractivity contribution >= 4 is 0 Å². The fourth-order valence-corrected chi connectivity index (χ4v) is 1.77. The number of pyridine rings is 1. The van der Waals surface area contributed by atoms with E-state index in [9.17, 15) is 8.78 Å². The van der Waals surface area contributed by atoms with Gasteiger partial charge in [-0.05, 0) is 23.8 Å². The summed E-state index contributed by atoms with van der Waals surface area (Å²) in [6, 6.07) is 6.96. The number of halogens is 2. The first-order chi connectivity index (χ1) is 9.79. The molecule has 2 N–H and O–H groups in total. The van der Waals surface area contributed by atoms with Crippen LogP contribution < -0.4 is 10.5 Å². The Morgan fingerprint density at radius 1 is 1.10 bits per heavy atom. The second-order valence-electron chi connectivity index (χ2n) is 5.83. The van der Waals surface area contributed by atoms with Crippen molar-refractivity contribution in [2.75, 3.05) is 0 Å². The lowest BCUT2D eigenvalue weighted by Gasteiger charge is -2.19. The van der Waals surface area contributed by atoms with E-state index < -0.39 is 11.6 Å². The van der Waals surface area contributed by atoms with Crippen LogP contribution in [0.25, 0.3) is 0 Å². The summed E-state index contributed by atoms with van der Waals surface area (Å²) in [4.78, 5) is 4.41. The maximum atomic E-state index is 13.2. The number of ether oxygens (including phenoxy) is 1. The van der Waals surface area contributed by atoms with Gasteiger partial charge in [-0.2, -0.15) is 0 Å². The predicted molar refractivity (Wildman–Crippen MR) is 77.3 cm³/mol. The van der Waals surface area contributed by atoms with Gasteiger partial charge in [-0.3, -0.25) is 0 Å². The average Bonchev–Trinajstić information content (AvgIpc) is 2.41. The Bertz CT molecular complexity index is 651. The number of nitrogens with two attached hydrogens (primary N) is 1. The Hall–Kier alpha value is -2.01. The van der Waals surface area contributed by atoms with Gasteiger partial charge in [0.05, 0.1) is 5.69 Å². The molecule has 0 saturated heterocycles. The van der Waals surface area contributed by atoms with Crippen LogP contribution in [0.3, 0.4) is 0 Å². The molecule has 2 rings (SSSR count). The van der Waals surface area contributed by atoms with E-state index in [1.165, 1.54) is 6.07 Å². The molecule has 1 aromatic heterocycles. The maximum Gasteiger partial charge on any atom is 0.219 e. The Labute approximate surface area is 122 Å². The topological polar surface area (TPSA) is 48.1 Å². The maximum absolute atomic E-state index is 13.2. The highest BCUT2D eigenvalue weighted by atomic mass is 19.2. The monoisotopic (exact) mass is 292 g/mol. The van der Waals surface area contributed by atoms with Crippen LogP contribution >= 0.6 is 0 Å². The zero-order valence-electron chi connectivity index (χ0n) is 12.3. The van der Waals surface area contributed by atoms with Gasteiger partial charge in [0.2, 0.25) is 5.88 Å². The van der Waals surface area contributed by atoms with Crippen molar-refractivity contribution < 1.29 is 13.5 Å². The molecule has 0 aliphatic carbocycles. The Balaban J connectivity index is 2.36. The largest absolute Gasteiger partial charge is 0.439 e. The molecule has 0 spiro atoms. The molecular formula is C16H18F2N2O. The highest BCUT2D eigenvalue weighted by molar-refractivity contribution is 5.33.